The molecule has 0 unspecified atom stereocenters. The molecule has 16 heavy (non-hydrogen) atoms. The first-order valence-electron chi connectivity index (χ1n) is 4.56. The summed E-state index contributed by atoms with van der Waals surface area (Å²) >= 11 is 0. The molecule has 1 N–H and O–H groups in total. The smallest absolute Gasteiger partial charge is 0.310 e. The summed E-state index contributed by atoms with van der Waals surface area (Å²) in [7, 11) is 0. The van der Waals surface area contributed by atoms with Gasteiger partial charge in [-0.25, -0.2) is 0 Å². The molecule has 80 valence electrons. The molecule has 2 rings (SSSR count). The molecule has 0 saturated heterocycles. The van der Waals surface area contributed by atoms with Gasteiger partial charge in [0.25, 0.3) is 0 Å². The normalized spacial score (nSPS) is 10.0. The van der Waals surface area contributed by atoms with Gasteiger partial charge in [0.2, 0.25) is 0 Å². The van der Waals surface area contributed by atoms with Gasteiger partial charge in [-0.3, -0.25) is 15.1 Å². The monoisotopic (exact) mass is 216 g/mol. The van der Waals surface area contributed by atoms with E-state index in [0.717, 1.165) is 5.56 Å². The van der Waals surface area contributed by atoms with Crippen LogP contribution in [0.1, 0.15) is 0 Å². The zero-order valence-electron chi connectivity index (χ0n) is 8.20. The van der Waals surface area contributed by atoms with Gasteiger partial charge >= 0.3 is 5.69 Å². The van der Waals surface area contributed by atoms with Crippen molar-refractivity contribution in [3.63, 3.8) is 0 Å². The van der Waals surface area contributed by atoms with Crippen molar-refractivity contribution in [2.75, 3.05) is 0 Å². The maximum Gasteiger partial charge on any atom is 0.310 e. The molecular formula is C11H8N2O3. The van der Waals surface area contributed by atoms with Crippen LogP contribution in [-0.2, 0) is 0 Å². The van der Waals surface area contributed by atoms with E-state index in [9.17, 15) is 15.2 Å². The Hall–Kier alpha value is -2.43. The number of nitrogens with zero attached hydrogens (tertiary/aromatic N) is 2. The van der Waals surface area contributed by atoms with Crippen molar-refractivity contribution in [3.05, 3.63) is 52.8 Å². The van der Waals surface area contributed by atoms with Gasteiger partial charge in [-0.15, -0.1) is 0 Å². The maximum atomic E-state index is 10.5. The minimum Gasteiger partial charge on any atom is -0.502 e. The van der Waals surface area contributed by atoms with E-state index in [-0.39, 0.29) is 11.4 Å². The molecule has 1 aromatic carbocycles. The first-order chi connectivity index (χ1) is 7.68. The van der Waals surface area contributed by atoms with Crippen molar-refractivity contribution in [1.29, 1.82) is 0 Å². The molecule has 0 amide bonds. The molecule has 5 nitrogen and oxygen atoms in total. The number of phenols is 1. The first-order valence-corrected chi connectivity index (χ1v) is 4.56. The van der Waals surface area contributed by atoms with Crippen LogP contribution in [0.4, 0.5) is 5.69 Å². The summed E-state index contributed by atoms with van der Waals surface area (Å²) in [5.74, 6) is -0.341. The number of aromatic hydroxyl groups is 1. The molecular weight excluding hydrogens is 208 g/mol. The molecule has 0 radical (unpaired) electrons. The highest BCUT2D eigenvalue weighted by atomic mass is 16.6. The van der Waals surface area contributed by atoms with Crippen molar-refractivity contribution in [3.8, 4) is 16.9 Å². The summed E-state index contributed by atoms with van der Waals surface area (Å²) in [5, 5.41) is 20.0. The summed E-state index contributed by atoms with van der Waals surface area (Å²) in [5.41, 5.74) is 1.19. The minimum atomic E-state index is -0.623. The molecule has 0 bridgehead atoms. The lowest BCUT2D eigenvalue weighted by atomic mass is 10.1. The Morgan fingerprint density at radius 1 is 1.25 bits per heavy atom. The summed E-state index contributed by atoms with van der Waals surface area (Å²) in [4.78, 5) is 13.8. The molecule has 0 atom stereocenters. The van der Waals surface area contributed by atoms with E-state index >= 15 is 0 Å². The fraction of sp³-hybridized carbons (Fsp3) is 0. The van der Waals surface area contributed by atoms with Crippen LogP contribution in [-0.4, -0.2) is 15.0 Å². The van der Waals surface area contributed by atoms with Crippen molar-refractivity contribution >= 4 is 5.69 Å². The first kappa shape index (κ1) is 10.1. The Balaban J connectivity index is 2.46. The third kappa shape index (κ3) is 1.83. The predicted octanol–water partition coefficient (Wildman–Crippen LogP) is 2.36. The highest BCUT2D eigenvalue weighted by Crippen LogP contribution is 2.30. The average molecular weight is 216 g/mol. The standard InChI is InChI=1S/C11H8N2O3/c14-11-6-8(3-4-10(11)13(15)16)9-2-1-5-12-7-9/h1-7,14H. The summed E-state index contributed by atoms with van der Waals surface area (Å²) < 4.78 is 0. The second kappa shape index (κ2) is 3.98. The number of nitro groups is 1. The quantitative estimate of drug-likeness (QED) is 0.617. The van der Waals surface area contributed by atoms with Crippen molar-refractivity contribution in [2.45, 2.75) is 0 Å². The topological polar surface area (TPSA) is 76.3 Å². The Kier molecular flexibility index (Phi) is 2.51. The second-order valence-electron chi connectivity index (χ2n) is 3.20. The van der Waals surface area contributed by atoms with Crippen molar-refractivity contribution in [2.24, 2.45) is 0 Å². The van der Waals surface area contributed by atoms with Crippen LogP contribution in [0, 0.1) is 10.1 Å². The van der Waals surface area contributed by atoms with Crippen LogP contribution < -0.4 is 0 Å². The molecule has 2 aromatic rings. The van der Waals surface area contributed by atoms with E-state index < -0.39 is 4.92 Å². The molecule has 0 fully saturated rings. The Morgan fingerprint density at radius 3 is 2.62 bits per heavy atom. The van der Waals surface area contributed by atoms with Gasteiger partial charge in [-0.05, 0) is 23.8 Å². The minimum absolute atomic E-state index is 0.298. The van der Waals surface area contributed by atoms with Crippen LogP contribution in [0.2, 0.25) is 0 Å². The van der Waals surface area contributed by atoms with Gasteiger partial charge in [-0.1, -0.05) is 6.07 Å². The third-order valence-electron chi connectivity index (χ3n) is 2.17. The van der Waals surface area contributed by atoms with E-state index in [0.29, 0.717) is 5.56 Å². The molecule has 0 saturated carbocycles. The molecule has 1 heterocycles. The Morgan fingerprint density at radius 2 is 2.06 bits per heavy atom. The second-order valence-corrected chi connectivity index (χ2v) is 3.20. The average Bonchev–Trinajstić information content (AvgIpc) is 2.29. The lowest BCUT2D eigenvalue weighted by Gasteiger charge is -2.01. The number of pyridine rings is 1. The van der Waals surface area contributed by atoms with Crippen LogP contribution in [0.5, 0.6) is 5.75 Å². The lowest BCUT2D eigenvalue weighted by molar-refractivity contribution is -0.385. The summed E-state index contributed by atoms with van der Waals surface area (Å²) in [6, 6.07) is 7.78. The van der Waals surface area contributed by atoms with Crippen LogP contribution in [0.15, 0.2) is 42.7 Å². The number of hydrogen-bond acceptors (Lipinski definition) is 4. The van der Waals surface area contributed by atoms with Crippen LogP contribution >= 0.6 is 0 Å². The van der Waals surface area contributed by atoms with Crippen molar-refractivity contribution < 1.29 is 10.0 Å². The zero-order chi connectivity index (χ0) is 11.5. The van der Waals surface area contributed by atoms with Crippen molar-refractivity contribution in [1.82, 2.24) is 4.98 Å². The number of phenolic OH excluding ortho intramolecular Hbond substituents is 1. The Bertz CT molecular complexity index is 526. The summed E-state index contributed by atoms with van der Waals surface area (Å²) in [6.45, 7) is 0. The fourth-order valence-corrected chi connectivity index (χ4v) is 1.39. The van der Waals surface area contributed by atoms with Gasteiger partial charge in [-0.2, -0.15) is 0 Å². The molecule has 0 aliphatic heterocycles. The molecule has 5 heteroatoms. The largest absolute Gasteiger partial charge is 0.502 e. The maximum absolute atomic E-state index is 10.5. The molecule has 0 aliphatic rings. The van der Waals surface area contributed by atoms with Gasteiger partial charge < -0.3 is 5.11 Å². The number of benzene rings is 1. The van der Waals surface area contributed by atoms with Gasteiger partial charge in [0.15, 0.2) is 5.75 Å². The molecule has 0 aliphatic carbocycles. The van der Waals surface area contributed by atoms with E-state index in [2.05, 4.69) is 4.98 Å². The highest BCUT2D eigenvalue weighted by Gasteiger charge is 2.13. The van der Waals surface area contributed by atoms with E-state index in [1.807, 2.05) is 6.07 Å². The number of rotatable bonds is 2. The molecule has 0 spiro atoms. The lowest BCUT2D eigenvalue weighted by Crippen LogP contribution is -1.88. The third-order valence-corrected chi connectivity index (χ3v) is 2.17. The SMILES string of the molecule is O=[N+]([O-])c1ccc(-c2cccnc2)cc1O. The molecule has 1 aromatic heterocycles. The zero-order valence-corrected chi connectivity index (χ0v) is 8.20. The van der Waals surface area contributed by atoms with Crippen LogP contribution in [0.3, 0.4) is 0 Å². The number of nitro benzene ring substituents is 1. The highest BCUT2D eigenvalue weighted by molar-refractivity contribution is 5.67. The van der Waals surface area contributed by atoms with E-state index in [1.54, 1.807) is 24.5 Å². The summed E-state index contributed by atoms with van der Waals surface area (Å²) in [6.07, 6.45) is 3.26. The number of hydrogen-bond donors (Lipinski definition) is 1. The van der Waals surface area contributed by atoms with E-state index in [1.165, 1.54) is 12.1 Å². The predicted molar refractivity (Wildman–Crippen MR) is 58.0 cm³/mol. The van der Waals surface area contributed by atoms with Crippen LogP contribution in [0.25, 0.3) is 11.1 Å². The van der Waals surface area contributed by atoms with Gasteiger partial charge in [0.05, 0.1) is 4.92 Å². The Labute approximate surface area is 91.2 Å². The van der Waals surface area contributed by atoms with E-state index in [4.69, 9.17) is 0 Å². The van der Waals surface area contributed by atoms with Gasteiger partial charge in [0.1, 0.15) is 0 Å². The fourth-order valence-electron chi connectivity index (χ4n) is 1.39. The number of aromatic nitrogens is 1. The van der Waals surface area contributed by atoms with Gasteiger partial charge in [0, 0.05) is 24.0 Å².